The number of benzene rings is 2. The molecule has 10 heteroatoms. The number of amides is 1. The van der Waals surface area contributed by atoms with Gasteiger partial charge in [-0.3, -0.25) is 14.8 Å². The van der Waals surface area contributed by atoms with E-state index >= 15 is 0 Å². The zero-order valence-electron chi connectivity index (χ0n) is 15.2. The molecule has 1 aliphatic rings. The van der Waals surface area contributed by atoms with E-state index in [9.17, 15) is 13.2 Å². The van der Waals surface area contributed by atoms with Crippen molar-refractivity contribution in [3.05, 3.63) is 66.7 Å². The lowest BCUT2D eigenvalue weighted by Gasteiger charge is -2.12. The summed E-state index contributed by atoms with van der Waals surface area (Å²) < 4.78 is 37.7. The largest absolute Gasteiger partial charge is 0.490 e. The Hall–Kier alpha value is -3.37. The Balaban J connectivity index is 1.50. The number of rotatable bonds is 5. The lowest BCUT2D eigenvalue weighted by Crippen LogP contribution is -2.42. The summed E-state index contributed by atoms with van der Waals surface area (Å²) in [6, 6.07) is 13.4. The number of para-hydroxylation sites is 1. The predicted octanol–water partition coefficient (Wildman–Crippen LogP) is 1.66. The van der Waals surface area contributed by atoms with Crippen LogP contribution in [0.25, 0.3) is 5.69 Å². The molecule has 4 rings (SSSR count). The van der Waals surface area contributed by atoms with E-state index in [1.165, 1.54) is 30.7 Å². The van der Waals surface area contributed by atoms with Gasteiger partial charge in [0.1, 0.15) is 5.69 Å². The average molecular weight is 414 g/mol. The van der Waals surface area contributed by atoms with Crippen molar-refractivity contribution in [3.63, 3.8) is 0 Å². The summed E-state index contributed by atoms with van der Waals surface area (Å²) in [5, 5.41) is 0. The number of sulfonamides is 1. The van der Waals surface area contributed by atoms with E-state index in [0.717, 1.165) is 5.69 Å². The molecule has 0 bridgehead atoms. The van der Waals surface area contributed by atoms with Crippen molar-refractivity contribution in [2.75, 3.05) is 13.2 Å². The van der Waals surface area contributed by atoms with E-state index in [1.807, 2.05) is 18.2 Å². The summed E-state index contributed by atoms with van der Waals surface area (Å²) in [5.74, 6) is 0.181. The molecule has 0 spiro atoms. The zero-order chi connectivity index (χ0) is 20.3. The van der Waals surface area contributed by atoms with Gasteiger partial charge >= 0.3 is 0 Å². The molecule has 0 atom stereocenters. The first-order valence-electron chi connectivity index (χ1n) is 8.84. The fourth-order valence-electron chi connectivity index (χ4n) is 2.80. The third-order valence-corrected chi connectivity index (χ3v) is 5.48. The molecule has 3 aromatic rings. The Morgan fingerprint density at radius 1 is 1.03 bits per heavy atom. The van der Waals surface area contributed by atoms with Gasteiger partial charge in [0, 0.05) is 18.2 Å². The van der Waals surface area contributed by atoms with Crippen molar-refractivity contribution < 1.29 is 22.7 Å². The molecule has 1 aliphatic heterocycles. The van der Waals surface area contributed by atoms with Gasteiger partial charge in [-0.25, -0.2) is 13.4 Å². The van der Waals surface area contributed by atoms with Gasteiger partial charge in [-0.2, -0.15) is 0 Å². The Labute approximate surface area is 167 Å². The summed E-state index contributed by atoms with van der Waals surface area (Å²) in [7, 11) is -4.02. The number of hydrogen-bond donors (Lipinski definition) is 2. The van der Waals surface area contributed by atoms with Gasteiger partial charge in [-0.05, 0) is 24.3 Å². The second-order valence-corrected chi connectivity index (χ2v) is 7.89. The minimum atomic E-state index is -4.02. The number of carbonyl (C=O) groups is 1. The number of aromatic nitrogens is 2. The number of ether oxygens (including phenoxy) is 2. The molecular formula is C19H18N4O5S. The summed E-state index contributed by atoms with van der Waals surface area (Å²) in [5.41, 5.74) is 3.12. The smallest absolute Gasteiger partial charge is 0.284 e. The molecule has 1 aromatic heterocycles. The number of imidazole rings is 1. The normalized spacial score (nSPS) is 13.5. The highest BCUT2D eigenvalue weighted by molar-refractivity contribution is 7.89. The van der Waals surface area contributed by atoms with E-state index in [2.05, 4.69) is 15.2 Å². The van der Waals surface area contributed by atoms with Crippen LogP contribution in [0.3, 0.4) is 0 Å². The van der Waals surface area contributed by atoms with Crippen LogP contribution in [0, 0.1) is 0 Å². The SMILES string of the molecule is O=C(NNS(=O)(=O)c1ccc2c(c1)OCCCO2)c1cncn1-c1ccccc1. The van der Waals surface area contributed by atoms with E-state index < -0.39 is 15.9 Å². The molecule has 0 aliphatic carbocycles. The Morgan fingerprint density at radius 3 is 2.59 bits per heavy atom. The van der Waals surface area contributed by atoms with Gasteiger partial charge in [-0.15, -0.1) is 4.83 Å². The molecule has 1 amide bonds. The first kappa shape index (κ1) is 19.0. The third kappa shape index (κ3) is 4.08. The maximum atomic E-state index is 12.6. The number of nitrogens with zero attached hydrogens (tertiary/aromatic N) is 2. The molecule has 29 heavy (non-hydrogen) atoms. The van der Waals surface area contributed by atoms with Crippen LogP contribution in [-0.4, -0.2) is 37.1 Å². The van der Waals surface area contributed by atoms with Crippen molar-refractivity contribution in [3.8, 4) is 17.2 Å². The van der Waals surface area contributed by atoms with Crippen LogP contribution in [-0.2, 0) is 10.0 Å². The predicted molar refractivity (Wildman–Crippen MR) is 103 cm³/mol. The lowest BCUT2D eigenvalue weighted by molar-refractivity contribution is 0.0938. The first-order chi connectivity index (χ1) is 14.0. The molecule has 2 heterocycles. The Bertz CT molecular complexity index is 1130. The van der Waals surface area contributed by atoms with Crippen LogP contribution in [0.2, 0.25) is 0 Å². The van der Waals surface area contributed by atoms with Crippen LogP contribution in [0.5, 0.6) is 11.5 Å². The highest BCUT2D eigenvalue weighted by Gasteiger charge is 2.21. The van der Waals surface area contributed by atoms with Crippen molar-refractivity contribution in [2.24, 2.45) is 0 Å². The molecule has 9 nitrogen and oxygen atoms in total. The number of fused-ring (bicyclic) bond motifs is 1. The van der Waals surface area contributed by atoms with Gasteiger partial charge in [-0.1, -0.05) is 18.2 Å². The van der Waals surface area contributed by atoms with Crippen molar-refractivity contribution in [1.82, 2.24) is 19.8 Å². The third-order valence-electron chi connectivity index (χ3n) is 4.23. The number of hydrazine groups is 1. The standard InChI is InChI=1S/C19H18N4O5S/c24-19(16-12-20-13-23(16)14-5-2-1-3-6-14)21-22-29(25,26)15-7-8-17-18(11-15)28-10-4-9-27-17/h1-3,5-8,11-13,22H,4,9-10H2,(H,21,24). The molecule has 0 radical (unpaired) electrons. The average Bonchev–Trinajstić information content (AvgIpc) is 3.11. The van der Waals surface area contributed by atoms with E-state index in [4.69, 9.17) is 9.47 Å². The quantitative estimate of drug-likeness (QED) is 0.614. The molecule has 150 valence electrons. The summed E-state index contributed by atoms with van der Waals surface area (Å²) in [6.07, 6.45) is 3.53. The van der Waals surface area contributed by atoms with Gasteiger partial charge < -0.3 is 9.47 Å². The van der Waals surface area contributed by atoms with Crippen molar-refractivity contribution in [1.29, 1.82) is 0 Å². The summed E-state index contributed by atoms with van der Waals surface area (Å²) in [4.78, 5) is 18.5. The Morgan fingerprint density at radius 2 is 1.79 bits per heavy atom. The van der Waals surface area contributed by atoms with Crippen molar-refractivity contribution >= 4 is 15.9 Å². The number of carbonyl (C=O) groups excluding carboxylic acids is 1. The second kappa shape index (κ2) is 7.94. The van der Waals surface area contributed by atoms with Crippen LogP contribution >= 0.6 is 0 Å². The van der Waals surface area contributed by atoms with Crippen LogP contribution in [0.4, 0.5) is 0 Å². The van der Waals surface area contributed by atoms with Crippen LogP contribution < -0.4 is 19.7 Å². The van der Waals surface area contributed by atoms with Crippen LogP contribution in [0.1, 0.15) is 16.9 Å². The van der Waals surface area contributed by atoms with Crippen molar-refractivity contribution in [2.45, 2.75) is 11.3 Å². The summed E-state index contributed by atoms with van der Waals surface area (Å²) >= 11 is 0. The monoisotopic (exact) mass is 414 g/mol. The van der Waals surface area contributed by atoms with Gasteiger partial charge in [0.25, 0.3) is 15.9 Å². The minimum Gasteiger partial charge on any atom is -0.490 e. The molecule has 0 unspecified atom stereocenters. The lowest BCUT2D eigenvalue weighted by atomic mass is 10.3. The van der Waals surface area contributed by atoms with E-state index in [0.29, 0.717) is 31.1 Å². The fourth-order valence-corrected chi connectivity index (χ4v) is 3.66. The highest BCUT2D eigenvalue weighted by atomic mass is 32.2. The summed E-state index contributed by atoms with van der Waals surface area (Å²) in [6.45, 7) is 0.937. The molecule has 2 N–H and O–H groups in total. The van der Waals surface area contributed by atoms with E-state index in [1.54, 1.807) is 16.7 Å². The maximum Gasteiger partial charge on any atom is 0.284 e. The molecule has 0 saturated carbocycles. The van der Waals surface area contributed by atoms with Gasteiger partial charge in [0.15, 0.2) is 11.5 Å². The second-order valence-electron chi connectivity index (χ2n) is 6.20. The Kier molecular flexibility index (Phi) is 5.19. The highest BCUT2D eigenvalue weighted by Crippen LogP contribution is 2.31. The minimum absolute atomic E-state index is 0.0568. The molecule has 0 fully saturated rings. The van der Waals surface area contributed by atoms with E-state index in [-0.39, 0.29) is 10.6 Å². The molecular weight excluding hydrogens is 396 g/mol. The molecule has 0 saturated heterocycles. The maximum absolute atomic E-state index is 12.6. The molecule has 2 aromatic carbocycles. The first-order valence-corrected chi connectivity index (χ1v) is 10.3. The zero-order valence-corrected chi connectivity index (χ0v) is 16.1. The number of hydrogen-bond acceptors (Lipinski definition) is 6. The number of nitrogens with one attached hydrogen (secondary N) is 2. The topological polar surface area (TPSA) is 112 Å². The fraction of sp³-hybridized carbons (Fsp3) is 0.158. The van der Waals surface area contributed by atoms with Crippen LogP contribution in [0.15, 0.2) is 66.0 Å². The van der Waals surface area contributed by atoms with Gasteiger partial charge in [0.2, 0.25) is 0 Å². The van der Waals surface area contributed by atoms with Gasteiger partial charge in [0.05, 0.1) is 30.6 Å².